The Kier molecular flexibility index (Phi) is 30.9. The number of hydrogen-bond donors (Lipinski definition) is 6. The van der Waals surface area contributed by atoms with Gasteiger partial charge in [-0.3, -0.25) is 5.41 Å². The zero-order valence-corrected chi connectivity index (χ0v) is 75.7. The van der Waals surface area contributed by atoms with Crippen LogP contribution in [0.1, 0.15) is 348 Å². The van der Waals surface area contributed by atoms with E-state index in [0.29, 0.717) is 42.4 Å². The van der Waals surface area contributed by atoms with Crippen LogP contribution in [-0.4, -0.2) is 118 Å². The first-order chi connectivity index (χ1) is 54.4. The van der Waals surface area contributed by atoms with Crippen molar-refractivity contribution >= 4 is 24.2 Å². The lowest BCUT2D eigenvalue weighted by atomic mass is 9.47. The molecule has 0 aromatic heterocycles. The molecule has 9 saturated carbocycles. The lowest BCUT2D eigenvalue weighted by Gasteiger charge is -2.58. The van der Waals surface area contributed by atoms with Crippen LogP contribution >= 0.6 is 0 Å². The quantitative estimate of drug-likeness (QED) is 0.0114. The SMILES string of the molecule is CC(C)CCCC(C)C1CCC2C3CC=C4CC(OC(=O)NCCCN(CCCNC(=N)N)CCCN(CCCNC(=O)OC5CCC6(C)C(=CCC7C6CCC6(C)C(C(C)CCCC(C)C)CCC76)C5)CCCNC(=O)OC5CCC6(C)C(=CCC7C6CCC6(C)C(C(C)CCCC(C)C)CCC76)C5)CCC4(C)C3CCC12C. The van der Waals surface area contributed by atoms with Gasteiger partial charge >= 0.3 is 18.3 Å². The number of rotatable bonds is 38. The predicted octanol–water partition coefficient (Wildman–Crippen LogP) is 23.4. The van der Waals surface area contributed by atoms with Crippen molar-refractivity contribution in [2.45, 2.75) is 366 Å². The Morgan fingerprint density at radius 3 is 0.939 bits per heavy atom. The maximum atomic E-state index is 13.8. The van der Waals surface area contributed by atoms with E-state index in [4.69, 9.17) is 25.4 Å². The highest BCUT2D eigenvalue weighted by Gasteiger charge is 2.63. The summed E-state index contributed by atoms with van der Waals surface area (Å²) < 4.78 is 18.9. The third-order valence-corrected chi connectivity index (χ3v) is 36.3. The molecule has 9 fully saturated rings. The molecule has 24 unspecified atom stereocenters. The lowest BCUT2D eigenvalue weighted by molar-refractivity contribution is -0.0581. The topological polar surface area (TPSA) is 183 Å². The van der Waals surface area contributed by atoms with Crippen molar-refractivity contribution in [2.75, 3.05) is 65.4 Å². The van der Waals surface area contributed by atoms with Gasteiger partial charge in [-0.1, -0.05) is 197 Å². The van der Waals surface area contributed by atoms with Gasteiger partial charge in [0.05, 0.1) is 0 Å². The minimum Gasteiger partial charge on any atom is -0.446 e. The van der Waals surface area contributed by atoms with Crippen LogP contribution in [0.4, 0.5) is 14.4 Å². The van der Waals surface area contributed by atoms with Crippen molar-refractivity contribution in [3.05, 3.63) is 34.9 Å². The number of hydrogen-bond acceptors (Lipinski definition) is 9. The third-order valence-electron chi connectivity index (χ3n) is 36.3. The van der Waals surface area contributed by atoms with Gasteiger partial charge in [-0.2, -0.15) is 0 Å². The molecule has 648 valence electrons. The standard InChI is InChI=1S/C100H172N8O6/c1-67(2)24-16-27-70(7)82-36-39-85-79-33-30-73-64-76(42-48-95(73,10)88(79)45-51-98(82,85)13)112-92(109)104-55-20-59-107(58-19-54-103-91(101)102)62-23-63-108(60-21-56-105-93(110)113-77-43-49-96(11)74(65-77)31-34-80-86-40-37-83(71(8)28-17-25-68(3)4)99(86,14)52-46-89(80)96)61-22-57-106-94(111)114-78-44-50-97(12)75(66-78)32-35-81-87-41-38-84(72(9)29-18-26-69(5)6)100(87,15)53-47-90(81)97/h30-32,67-72,76-90H,16-29,33-66H2,1-15H3,(H,104,109)(H,105,110)(H,106,111)(H4,101,102,103). The molecule has 0 bridgehead atoms. The predicted molar refractivity (Wildman–Crippen MR) is 470 cm³/mol. The van der Waals surface area contributed by atoms with E-state index in [-0.39, 0.29) is 58.8 Å². The first-order valence-electron chi connectivity index (χ1n) is 48.9. The van der Waals surface area contributed by atoms with E-state index in [0.717, 1.165) is 236 Å². The highest BCUT2D eigenvalue weighted by atomic mass is 16.6. The van der Waals surface area contributed by atoms with E-state index >= 15 is 0 Å². The average Bonchev–Trinajstić information content (AvgIpc) is 1.49. The average molecular weight is 1580 g/mol. The van der Waals surface area contributed by atoms with Gasteiger partial charge in [0.1, 0.15) is 18.3 Å². The molecule has 3 amide bonds. The first kappa shape index (κ1) is 89.5. The number of nitrogens with zero attached hydrogens (tertiary/aromatic N) is 2. The molecule has 12 aliphatic carbocycles. The van der Waals surface area contributed by atoms with Crippen LogP contribution in [0.3, 0.4) is 0 Å². The molecule has 7 N–H and O–H groups in total. The van der Waals surface area contributed by atoms with Crippen molar-refractivity contribution in [2.24, 2.45) is 145 Å². The van der Waals surface area contributed by atoms with Crippen LogP contribution in [-0.2, 0) is 14.2 Å². The fourth-order valence-electron chi connectivity index (χ4n) is 30.0. The summed E-state index contributed by atoms with van der Waals surface area (Å²) in [7, 11) is 0. The molecule has 0 saturated heterocycles. The summed E-state index contributed by atoms with van der Waals surface area (Å²) in [6, 6.07) is 0. The molecule has 14 nitrogen and oxygen atoms in total. The highest BCUT2D eigenvalue weighted by Crippen LogP contribution is 2.71. The lowest BCUT2D eigenvalue weighted by Crippen LogP contribution is -2.51. The van der Waals surface area contributed by atoms with Gasteiger partial charge in [0.15, 0.2) is 5.96 Å². The summed E-state index contributed by atoms with van der Waals surface area (Å²) in [6.07, 6.45) is 52.2. The Hall–Kier alpha value is -3.78. The molecule has 12 aliphatic rings. The zero-order chi connectivity index (χ0) is 81.3. The van der Waals surface area contributed by atoms with Gasteiger partial charge in [-0.05, 0) is 345 Å². The molecule has 24 atom stereocenters. The number of fused-ring (bicyclic) bond motifs is 15. The van der Waals surface area contributed by atoms with E-state index in [2.05, 4.69) is 153 Å². The Morgan fingerprint density at radius 1 is 0.377 bits per heavy atom. The number of amides is 3. The second kappa shape index (κ2) is 39.4. The van der Waals surface area contributed by atoms with Crippen LogP contribution in [0.2, 0.25) is 0 Å². The van der Waals surface area contributed by atoms with Crippen LogP contribution in [0.5, 0.6) is 0 Å². The van der Waals surface area contributed by atoms with E-state index in [1.807, 2.05) is 0 Å². The molecule has 0 heterocycles. The van der Waals surface area contributed by atoms with Crippen molar-refractivity contribution in [1.82, 2.24) is 31.1 Å². The van der Waals surface area contributed by atoms with E-state index < -0.39 is 0 Å². The molecule has 0 spiro atoms. The second-order valence-electron chi connectivity index (χ2n) is 44.3. The monoisotopic (exact) mass is 1580 g/mol. The number of carbonyl (C=O) groups excluding carboxylic acids is 3. The van der Waals surface area contributed by atoms with Crippen LogP contribution < -0.4 is 27.0 Å². The number of ether oxygens (including phenoxy) is 3. The molecule has 14 heteroatoms. The second-order valence-corrected chi connectivity index (χ2v) is 44.3. The minimum absolute atomic E-state index is 0.0105. The Bertz CT molecular complexity index is 3110. The number of carbonyl (C=O) groups is 3. The molecule has 0 aliphatic heterocycles. The van der Waals surface area contributed by atoms with Crippen LogP contribution in [0, 0.1) is 144 Å². The summed E-state index contributed by atoms with van der Waals surface area (Å²) in [4.78, 5) is 46.2. The summed E-state index contributed by atoms with van der Waals surface area (Å²) in [6.45, 7) is 45.1. The van der Waals surface area contributed by atoms with E-state index in [1.165, 1.54) is 154 Å². The molecular formula is C100H172N8O6. The maximum Gasteiger partial charge on any atom is 0.407 e. The fourth-order valence-corrected chi connectivity index (χ4v) is 30.0. The van der Waals surface area contributed by atoms with Gasteiger partial charge in [0.2, 0.25) is 0 Å². The van der Waals surface area contributed by atoms with Crippen molar-refractivity contribution < 1.29 is 28.6 Å². The van der Waals surface area contributed by atoms with Gasteiger partial charge in [0, 0.05) is 45.4 Å². The zero-order valence-electron chi connectivity index (χ0n) is 75.7. The molecule has 0 aromatic carbocycles. The Morgan fingerprint density at radius 2 is 0.658 bits per heavy atom. The first-order valence-corrected chi connectivity index (χ1v) is 48.9. The number of allylic oxidation sites excluding steroid dienone is 3. The minimum atomic E-state index is -0.293. The van der Waals surface area contributed by atoms with Crippen molar-refractivity contribution in [3.8, 4) is 0 Å². The van der Waals surface area contributed by atoms with Gasteiger partial charge < -0.3 is 51.0 Å². The number of guanidine groups is 1. The molecule has 12 rings (SSSR count). The normalized spacial score (nSPS) is 37.5. The summed E-state index contributed by atoms with van der Waals surface area (Å²) in [5, 5.41) is 20.4. The smallest absolute Gasteiger partial charge is 0.407 e. The maximum absolute atomic E-state index is 13.8. The molecular weight excluding hydrogens is 1410 g/mol. The van der Waals surface area contributed by atoms with Crippen molar-refractivity contribution in [1.29, 1.82) is 5.41 Å². The molecule has 114 heavy (non-hydrogen) atoms. The highest BCUT2D eigenvalue weighted by molar-refractivity contribution is 5.74. The molecule has 0 radical (unpaired) electrons. The largest absolute Gasteiger partial charge is 0.446 e. The van der Waals surface area contributed by atoms with Crippen molar-refractivity contribution in [3.63, 3.8) is 0 Å². The fraction of sp³-hybridized carbons (Fsp3) is 0.900. The number of nitrogens with one attached hydrogen (secondary N) is 5. The Balaban J connectivity index is 0.609. The van der Waals surface area contributed by atoms with Gasteiger partial charge in [0.25, 0.3) is 0 Å². The summed E-state index contributed by atoms with van der Waals surface area (Å²) in [5.74, 6) is 14.5. The van der Waals surface area contributed by atoms with E-state index in [1.54, 1.807) is 16.7 Å². The van der Waals surface area contributed by atoms with Gasteiger partial charge in [-0.15, -0.1) is 0 Å². The van der Waals surface area contributed by atoms with Gasteiger partial charge in [-0.25, -0.2) is 14.4 Å². The summed E-state index contributed by atoms with van der Waals surface area (Å²) in [5.41, 5.74) is 12.5. The summed E-state index contributed by atoms with van der Waals surface area (Å²) >= 11 is 0. The molecule has 0 aromatic rings. The van der Waals surface area contributed by atoms with Crippen LogP contribution in [0.15, 0.2) is 34.9 Å². The van der Waals surface area contributed by atoms with Crippen LogP contribution in [0.25, 0.3) is 0 Å². The third kappa shape index (κ3) is 20.5. The van der Waals surface area contributed by atoms with E-state index in [9.17, 15) is 14.4 Å². The number of alkyl carbamates (subject to hydrolysis) is 3. The Labute approximate surface area is 696 Å². The number of nitrogens with two attached hydrogens (primary N) is 1.